The van der Waals surface area contributed by atoms with Gasteiger partial charge in [-0.05, 0) is 37.5 Å². The van der Waals surface area contributed by atoms with Crippen LogP contribution in [0.25, 0.3) is 0 Å². The maximum Gasteiger partial charge on any atom is 0.298 e. The third-order valence-corrected chi connectivity index (χ3v) is 4.14. The predicted molar refractivity (Wildman–Crippen MR) is 62.0 cm³/mol. The average Bonchev–Trinajstić information content (AvgIpc) is 2.18. The standard InChI is InChI=1S/C10H13ClO4S/c1-5-6(2)9(15-4)10(16(12,13)14)7(3)8(5)11/h1-4H3,(H,12,13,14). The van der Waals surface area contributed by atoms with Gasteiger partial charge in [0.05, 0.1) is 7.11 Å². The van der Waals surface area contributed by atoms with Crippen molar-refractivity contribution in [3.63, 3.8) is 0 Å². The van der Waals surface area contributed by atoms with Crippen LogP contribution in [0.5, 0.6) is 5.75 Å². The summed E-state index contributed by atoms with van der Waals surface area (Å²) in [6.07, 6.45) is 0. The molecule has 0 aromatic heterocycles. The van der Waals surface area contributed by atoms with Crippen molar-refractivity contribution in [1.82, 2.24) is 0 Å². The first-order valence-electron chi connectivity index (χ1n) is 4.52. The summed E-state index contributed by atoms with van der Waals surface area (Å²) in [5.41, 5.74) is 1.64. The SMILES string of the molecule is COc1c(C)c(C)c(Cl)c(C)c1S(=O)(=O)O. The van der Waals surface area contributed by atoms with Crippen LogP contribution in [-0.4, -0.2) is 20.1 Å². The molecule has 0 radical (unpaired) electrons. The zero-order chi connectivity index (χ0) is 12.7. The number of hydrogen-bond donors (Lipinski definition) is 1. The zero-order valence-electron chi connectivity index (χ0n) is 9.46. The molecule has 0 fully saturated rings. The van der Waals surface area contributed by atoms with Crippen LogP contribution in [0.15, 0.2) is 4.90 Å². The summed E-state index contributed by atoms with van der Waals surface area (Å²) in [5.74, 6) is 0.141. The molecule has 1 rings (SSSR count). The molecule has 1 aromatic rings. The van der Waals surface area contributed by atoms with Crippen LogP contribution in [0.1, 0.15) is 16.7 Å². The van der Waals surface area contributed by atoms with Gasteiger partial charge in [-0.15, -0.1) is 0 Å². The first-order valence-corrected chi connectivity index (χ1v) is 6.34. The van der Waals surface area contributed by atoms with E-state index in [1.165, 1.54) is 14.0 Å². The number of benzene rings is 1. The fourth-order valence-corrected chi connectivity index (χ4v) is 2.86. The maximum absolute atomic E-state index is 11.3. The summed E-state index contributed by atoms with van der Waals surface area (Å²) in [6, 6.07) is 0. The molecule has 90 valence electrons. The van der Waals surface area contributed by atoms with Crippen LogP contribution in [0, 0.1) is 20.8 Å². The second kappa shape index (κ2) is 4.24. The van der Waals surface area contributed by atoms with E-state index < -0.39 is 10.1 Å². The normalized spacial score (nSPS) is 11.6. The van der Waals surface area contributed by atoms with Gasteiger partial charge < -0.3 is 4.74 Å². The Bertz CT molecular complexity index is 534. The lowest BCUT2D eigenvalue weighted by molar-refractivity contribution is 0.393. The molecular formula is C10H13ClO4S. The molecule has 0 aliphatic heterocycles. The number of methoxy groups -OCH3 is 1. The highest BCUT2D eigenvalue weighted by atomic mass is 35.5. The summed E-state index contributed by atoms with van der Waals surface area (Å²) < 4.78 is 36.7. The van der Waals surface area contributed by atoms with Gasteiger partial charge in [-0.25, -0.2) is 0 Å². The van der Waals surface area contributed by atoms with Crippen molar-refractivity contribution in [2.75, 3.05) is 7.11 Å². The van der Waals surface area contributed by atoms with Crippen molar-refractivity contribution in [2.24, 2.45) is 0 Å². The Morgan fingerprint density at radius 1 is 1.12 bits per heavy atom. The molecule has 0 heterocycles. The minimum Gasteiger partial charge on any atom is -0.495 e. The average molecular weight is 265 g/mol. The molecule has 16 heavy (non-hydrogen) atoms. The van der Waals surface area contributed by atoms with Crippen molar-refractivity contribution < 1.29 is 17.7 Å². The van der Waals surface area contributed by atoms with E-state index in [0.29, 0.717) is 16.1 Å². The monoisotopic (exact) mass is 264 g/mol. The van der Waals surface area contributed by atoms with Crippen molar-refractivity contribution in [3.8, 4) is 5.75 Å². The highest BCUT2D eigenvalue weighted by Gasteiger charge is 2.25. The highest BCUT2D eigenvalue weighted by Crippen LogP contribution is 2.38. The fraction of sp³-hybridized carbons (Fsp3) is 0.400. The van der Waals surface area contributed by atoms with E-state index >= 15 is 0 Å². The second-order valence-electron chi connectivity index (χ2n) is 3.53. The maximum atomic E-state index is 11.3. The Morgan fingerprint density at radius 2 is 1.62 bits per heavy atom. The fourth-order valence-electron chi connectivity index (χ4n) is 1.61. The summed E-state index contributed by atoms with van der Waals surface area (Å²) in [6.45, 7) is 4.98. The first kappa shape index (κ1) is 13.3. The van der Waals surface area contributed by atoms with Gasteiger partial charge >= 0.3 is 0 Å². The van der Waals surface area contributed by atoms with E-state index in [0.717, 1.165) is 5.56 Å². The third-order valence-electron chi connectivity index (χ3n) is 2.57. The van der Waals surface area contributed by atoms with Crippen LogP contribution in [0.4, 0.5) is 0 Å². The molecule has 4 nitrogen and oxygen atoms in total. The lowest BCUT2D eigenvalue weighted by atomic mass is 10.1. The molecule has 0 atom stereocenters. The van der Waals surface area contributed by atoms with Gasteiger partial charge in [0.2, 0.25) is 0 Å². The summed E-state index contributed by atoms with van der Waals surface area (Å²) >= 11 is 5.99. The van der Waals surface area contributed by atoms with Gasteiger partial charge in [0, 0.05) is 5.02 Å². The first-order chi connectivity index (χ1) is 7.21. The summed E-state index contributed by atoms with van der Waals surface area (Å²) in [5, 5.41) is 0.325. The van der Waals surface area contributed by atoms with E-state index in [9.17, 15) is 8.42 Å². The molecule has 0 aliphatic carbocycles. The van der Waals surface area contributed by atoms with Crippen LogP contribution >= 0.6 is 11.6 Å². The minimum absolute atomic E-state index is 0.141. The Balaban J connectivity index is 3.87. The van der Waals surface area contributed by atoms with E-state index in [2.05, 4.69) is 0 Å². The van der Waals surface area contributed by atoms with E-state index in [1.807, 2.05) is 0 Å². The second-order valence-corrected chi connectivity index (χ2v) is 5.26. The molecule has 6 heteroatoms. The number of rotatable bonds is 2. The smallest absolute Gasteiger partial charge is 0.298 e. The van der Waals surface area contributed by atoms with Crippen LogP contribution in [-0.2, 0) is 10.1 Å². The van der Waals surface area contributed by atoms with Crippen LogP contribution in [0.2, 0.25) is 5.02 Å². The van der Waals surface area contributed by atoms with Gasteiger partial charge in [0.25, 0.3) is 10.1 Å². The molecule has 0 saturated carbocycles. The van der Waals surface area contributed by atoms with Gasteiger partial charge in [0.1, 0.15) is 10.6 Å². The molecule has 0 bridgehead atoms. The van der Waals surface area contributed by atoms with Gasteiger partial charge in [-0.1, -0.05) is 11.6 Å². The van der Waals surface area contributed by atoms with Gasteiger partial charge in [0.15, 0.2) is 0 Å². The third kappa shape index (κ3) is 2.03. The molecule has 0 aliphatic rings. The van der Waals surface area contributed by atoms with Crippen LogP contribution < -0.4 is 4.74 Å². The number of ether oxygens (including phenoxy) is 1. The molecule has 1 aromatic carbocycles. The Labute approximate surface area is 99.9 Å². The largest absolute Gasteiger partial charge is 0.495 e. The number of halogens is 1. The quantitative estimate of drug-likeness (QED) is 0.834. The van der Waals surface area contributed by atoms with Crippen molar-refractivity contribution in [1.29, 1.82) is 0 Å². The molecular weight excluding hydrogens is 252 g/mol. The Kier molecular flexibility index (Phi) is 3.52. The van der Waals surface area contributed by atoms with Gasteiger partial charge in [-0.3, -0.25) is 4.55 Å². The minimum atomic E-state index is -4.35. The molecule has 0 amide bonds. The Hall–Kier alpha value is -0.780. The summed E-state index contributed by atoms with van der Waals surface area (Å²) in [4.78, 5) is -0.261. The van der Waals surface area contributed by atoms with Crippen molar-refractivity contribution in [2.45, 2.75) is 25.7 Å². The van der Waals surface area contributed by atoms with E-state index in [-0.39, 0.29) is 10.6 Å². The van der Waals surface area contributed by atoms with Crippen molar-refractivity contribution >= 4 is 21.7 Å². The zero-order valence-corrected chi connectivity index (χ0v) is 11.0. The topological polar surface area (TPSA) is 63.6 Å². The van der Waals surface area contributed by atoms with Gasteiger partial charge in [-0.2, -0.15) is 8.42 Å². The van der Waals surface area contributed by atoms with Crippen LogP contribution in [0.3, 0.4) is 0 Å². The predicted octanol–water partition coefficient (Wildman–Crippen LogP) is 2.52. The number of hydrogen-bond acceptors (Lipinski definition) is 3. The molecule has 0 spiro atoms. The molecule has 0 saturated heterocycles. The summed E-state index contributed by atoms with van der Waals surface area (Å²) in [7, 11) is -3.00. The van der Waals surface area contributed by atoms with Crippen molar-refractivity contribution in [3.05, 3.63) is 21.7 Å². The highest BCUT2D eigenvalue weighted by molar-refractivity contribution is 7.86. The Morgan fingerprint density at radius 3 is 2.00 bits per heavy atom. The molecule has 0 unspecified atom stereocenters. The molecule has 1 N–H and O–H groups in total. The lowest BCUT2D eigenvalue weighted by Gasteiger charge is -2.16. The van der Waals surface area contributed by atoms with E-state index in [4.69, 9.17) is 20.9 Å². The lowest BCUT2D eigenvalue weighted by Crippen LogP contribution is -2.07. The van der Waals surface area contributed by atoms with E-state index in [1.54, 1.807) is 13.8 Å².